The van der Waals surface area contributed by atoms with Gasteiger partial charge in [-0.2, -0.15) is 0 Å². The van der Waals surface area contributed by atoms with E-state index in [-0.39, 0.29) is 24.8 Å². The highest BCUT2D eigenvalue weighted by atomic mass is 79.9. The molecule has 4 nitrogen and oxygen atoms in total. The zero-order chi connectivity index (χ0) is 13.6. The minimum atomic E-state index is -0.331. The van der Waals surface area contributed by atoms with Gasteiger partial charge in [0.05, 0.1) is 26.1 Å². The van der Waals surface area contributed by atoms with Crippen molar-refractivity contribution in [2.45, 2.75) is 38.5 Å². The summed E-state index contributed by atoms with van der Waals surface area (Å²) in [5, 5.41) is 1.82. The van der Waals surface area contributed by atoms with Crippen molar-refractivity contribution in [2.75, 3.05) is 23.9 Å². The molecule has 0 aliphatic heterocycles. The molecule has 0 N–H and O–H groups in total. The SMILES string of the molecule is O=C(CCC(=O)OCCCCBr)OCCCCBr. The maximum absolute atomic E-state index is 11.2. The summed E-state index contributed by atoms with van der Waals surface area (Å²) in [6, 6.07) is 0. The van der Waals surface area contributed by atoms with Crippen LogP contribution in [0.15, 0.2) is 0 Å². The summed E-state index contributed by atoms with van der Waals surface area (Å²) in [5.41, 5.74) is 0. The standard InChI is InChI=1S/C12H20Br2O4/c13-7-1-3-9-17-11(15)5-6-12(16)18-10-4-2-8-14/h1-10H2. The van der Waals surface area contributed by atoms with E-state index in [2.05, 4.69) is 31.9 Å². The lowest BCUT2D eigenvalue weighted by Gasteiger charge is -2.05. The minimum Gasteiger partial charge on any atom is -0.466 e. The molecule has 0 unspecified atom stereocenters. The number of rotatable bonds is 11. The van der Waals surface area contributed by atoms with E-state index < -0.39 is 0 Å². The molecule has 0 amide bonds. The lowest BCUT2D eigenvalue weighted by atomic mass is 10.3. The largest absolute Gasteiger partial charge is 0.466 e. The predicted octanol–water partition coefficient (Wildman–Crippen LogP) is 3.20. The number of hydrogen-bond donors (Lipinski definition) is 0. The molecule has 0 rings (SSSR count). The Balaban J connectivity index is 3.39. The fraction of sp³-hybridized carbons (Fsp3) is 0.833. The topological polar surface area (TPSA) is 52.6 Å². The third-order valence-electron chi connectivity index (χ3n) is 2.12. The van der Waals surface area contributed by atoms with Crippen molar-refractivity contribution in [3.63, 3.8) is 0 Å². The van der Waals surface area contributed by atoms with Crippen molar-refractivity contribution in [3.8, 4) is 0 Å². The van der Waals surface area contributed by atoms with Gasteiger partial charge >= 0.3 is 11.9 Å². The highest BCUT2D eigenvalue weighted by molar-refractivity contribution is 9.09. The zero-order valence-corrected chi connectivity index (χ0v) is 13.6. The number of unbranched alkanes of at least 4 members (excludes halogenated alkanes) is 2. The molecular formula is C12H20Br2O4. The fourth-order valence-electron chi connectivity index (χ4n) is 1.11. The molecule has 0 saturated carbocycles. The average molecular weight is 388 g/mol. The fourth-order valence-corrected chi connectivity index (χ4v) is 1.91. The van der Waals surface area contributed by atoms with Gasteiger partial charge in [-0.1, -0.05) is 31.9 Å². The molecule has 0 bridgehead atoms. The summed E-state index contributed by atoms with van der Waals surface area (Å²) >= 11 is 6.59. The predicted molar refractivity (Wildman–Crippen MR) is 77.2 cm³/mol. The summed E-state index contributed by atoms with van der Waals surface area (Å²) in [4.78, 5) is 22.5. The lowest BCUT2D eigenvalue weighted by Crippen LogP contribution is -2.11. The second-order valence-corrected chi connectivity index (χ2v) is 5.32. The van der Waals surface area contributed by atoms with Crippen LogP contribution in [-0.2, 0) is 19.1 Å². The van der Waals surface area contributed by atoms with E-state index >= 15 is 0 Å². The van der Waals surface area contributed by atoms with Crippen LogP contribution in [0.2, 0.25) is 0 Å². The third-order valence-corrected chi connectivity index (χ3v) is 3.24. The number of hydrogen-bond acceptors (Lipinski definition) is 4. The number of carbonyl (C=O) groups excluding carboxylic acids is 2. The smallest absolute Gasteiger partial charge is 0.306 e. The molecule has 0 saturated heterocycles. The molecule has 0 aromatic rings. The Morgan fingerprint density at radius 2 is 1.11 bits per heavy atom. The van der Waals surface area contributed by atoms with Gasteiger partial charge in [0, 0.05) is 10.7 Å². The molecule has 0 aromatic carbocycles. The van der Waals surface area contributed by atoms with E-state index in [4.69, 9.17) is 9.47 Å². The molecule has 0 heterocycles. The Bertz CT molecular complexity index is 210. The van der Waals surface area contributed by atoms with Gasteiger partial charge in [-0.25, -0.2) is 0 Å². The molecule has 0 spiro atoms. The van der Waals surface area contributed by atoms with Crippen LogP contribution in [0.1, 0.15) is 38.5 Å². The second-order valence-electron chi connectivity index (χ2n) is 3.73. The minimum absolute atomic E-state index is 0.103. The Labute approximate surface area is 125 Å². The molecule has 0 aliphatic carbocycles. The summed E-state index contributed by atoms with van der Waals surface area (Å²) in [5.74, 6) is -0.663. The Kier molecular flexibility index (Phi) is 13.3. The first-order valence-corrected chi connectivity index (χ1v) is 8.38. The van der Waals surface area contributed by atoms with Crippen LogP contribution in [0.5, 0.6) is 0 Å². The number of esters is 2. The summed E-state index contributed by atoms with van der Waals surface area (Å²) in [7, 11) is 0. The Hall–Kier alpha value is -0.100. The number of carbonyl (C=O) groups is 2. The quantitative estimate of drug-likeness (QED) is 0.310. The first-order chi connectivity index (χ1) is 8.70. The Morgan fingerprint density at radius 3 is 1.44 bits per heavy atom. The summed E-state index contributed by atoms with van der Waals surface area (Å²) in [6.07, 6.45) is 3.84. The van der Waals surface area contributed by atoms with Gasteiger partial charge in [0.2, 0.25) is 0 Å². The van der Waals surface area contributed by atoms with E-state index in [1.54, 1.807) is 0 Å². The van der Waals surface area contributed by atoms with Crippen molar-refractivity contribution in [3.05, 3.63) is 0 Å². The summed E-state index contributed by atoms with van der Waals surface area (Å²) < 4.78 is 9.93. The van der Waals surface area contributed by atoms with Crippen molar-refractivity contribution < 1.29 is 19.1 Å². The van der Waals surface area contributed by atoms with Gasteiger partial charge in [0.25, 0.3) is 0 Å². The number of ether oxygens (including phenoxy) is 2. The van der Waals surface area contributed by atoms with Gasteiger partial charge in [0.1, 0.15) is 0 Å². The normalized spacial score (nSPS) is 10.1. The average Bonchev–Trinajstić information content (AvgIpc) is 2.37. The van der Waals surface area contributed by atoms with Crippen molar-refractivity contribution in [1.29, 1.82) is 0 Å². The number of halogens is 2. The molecule has 0 radical (unpaired) electrons. The molecule has 18 heavy (non-hydrogen) atoms. The van der Waals surface area contributed by atoms with Gasteiger partial charge < -0.3 is 9.47 Å². The van der Waals surface area contributed by atoms with Crippen LogP contribution in [0, 0.1) is 0 Å². The van der Waals surface area contributed by atoms with E-state index in [9.17, 15) is 9.59 Å². The van der Waals surface area contributed by atoms with Crippen LogP contribution in [-0.4, -0.2) is 35.8 Å². The van der Waals surface area contributed by atoms with Crippen LogP contribution < -0.4 is 0 Å². The lowest BCUT2D eigenvalue weighted by molar-refractivity contribution is -0.150. The van der Waals surface area contributed by atoms with Gasteiger partial charge in [0.15, 0.2) is 0 Å². The maximum atomic E-state index is 11.2. The molecule has 106 valence electrons. The monoisotopic (exact) mass is 386 g/mol. The molecule has 0 fully saturated rings. The van der Waals surface area contributed by atoms with Gasteiger partial charge in [-0.05, 0) is 25.7 Å². The zero-order valence-electron chi connectivity index (χ0n) is 10.5. The first-order valence-electron chi connectivity index (χ1n) is 6.14. The van der Waals surface area contributed by atoms with Gasteiger partial charge in [-0.15, -0.1) is 0 Å². The third kappa shape index (κ3) is 12.4. The van der Waals surface area contributed by atoms with E-state index in [1.807, 2.05) is 0 Å². The molecular weight excluding hydrogens is 368 g/mol. The molecule has 0 aliphatic rings. The first kappa shape index (κ1) is 17.9. The van der Waals surface area contributed by atoms with Crippen LogP contribution in [0.4, 0.5) is 0 Å². The van der Waals surface area contributed by atoms with Crippen LogP contribution in [0.3, 0.4) is 0 Å². The number of alkyl halides is 2. The summed E-state index contributed by atoms with van der Waals surface area (Å²) in [6.45, 7) is 0.843. The second kappa shape index (κ2) is 13.3. The molecule has 0 aromatic heterocycles. The van der Waals surface area contributed by atoms with Gasteiger partial charge in [-0.3, -0.25) is 9.59 Å². The van der Waals surface area contributed by atoms with Crippen molar-refractivity contribution in [1.82, 2.24) is 0 Å². The van der Waals surface area contributed by atoms with Crippen LogP contribution >= 0.6 is 31.9 Å². The van der Waals surface area contributed by atoms with E-state index in [0.717, 1.165) is 36.3 Å². The van der Waals surface area contributed by atoms with Crippen molar-refractivity contribution in [2.24, 2.45) is 0 Å². The van der Waals surface area contributed by atoms with E-state index in [1.165, 1.54) is 0 Å². The highest BCUT2D eigenvalue weighted by Crippen LogP contribution is 2.00. The molecule has 0 atom stereocenters. The van der Waals surface area contributed by atoms with E-state index in [0.29, 0.717) is 13.2 Å². The van der Waals surface area contributed by atoms with Crippen molar-refractivity contribution >= 4 is 43.8 Å². The molecule has 6 heteroatoms. The van der Waals surface area contributed by atoms with Crippen LogP contribution in [0.25, 0.3) is 0 Å². The Morgan fingerprint density at radius 1 is 0.722 bits per heavy atom. The maximum Gasteiger partial charge on any atom is 0.306 e. The highest BCUT2D eigenvalue weighted by Gasteiger charge is 2.08.